The first-order chi connectivity index (χ1) is 18.2. The van der Waals surface area contributed by atoms with Crippen molar-refractivity contribution in [2.45, 2.75) is 65.3 Å². The number of ether oxygens (including phenoxy) is 1. The highest BCUT2D eigenvalue weighted by atomic mass is 32.1. The predicted octanol–water partition coefficient (Wildman–Crippen LogP) is 5.75. The lowest BCUT2D eigenvalue weighted by Gasteiger charge is -2.17. The Morgan fingerprint density at radius 1 is 1.18 bits per heavy atom. The third-order valence-corrected chi connectivity index (χ3v) is 6.61. The van der Waals surface area contributed by atoms with Crippen molar-refractivity contribution in [1.29, 1.82) is 0 Å². The molecular weight excluding hydrogens is 505 g/mol. The molecule has 2 aromatic carbocycles. The first kappa shape index (κ1) is 29.2. The summed E-state index contributed by atoms with van der Waals surface area (Å²) in [6.07, 6.45) is 2.05. The minimum absolute atomic E-state index is 0.107. The highest BCUT2D eigenvalue weighted by molar-refractivity contribution is 7.81. The Balaban J connectivity index is 1.94. The van der Waals surface area contributed by atoms with E-state index in [4.69, 9.17) is 4.74 Å². The molecule has 0 saturated carbocycles. The van der Waals surface area contributed by atoms with Crippen LogP contribution in [0.4, 0.5) is 4.39 Å². The summed E-state index contributed by atoms with van der Waals surface area (Å²) in [5, 5.41) is 12.0. The highest BCUT2D eigenvalue weighted by Gasteiger charge is 2.22. The number of rotatable bonds is 13. The van der Waals surface area contributed by atoms with Gasteiger partial charge in [0.1, 0.15) is 5.82 Å². The Labute approximate surface area is 228 Å². The van der Waals surface area contributed by atoms with Gasteiger partial charge in [-0.2, -0.15) is 17.6 Å². The van der Waals surface area contributed by atoms with Crippen LogP contribution in [0.5, 0.6) is 6.01 Å². The Hall–Kier alpha value is -3.33. The number of carboxylic acids is 1. The molecule has 9 heteroatoms. The van der Waals surface area contributed by atoms with Crippen molar-refractivity contribution in [3.05, 3.63) is 70.8 Å². The number of carbonyl (C=O) groups excluding carboxylic acids is 1. The molecule has 0 saturated heterocycles. The number of aromatic carboxylic acids is 1. The van der Waals surface area contributed by atoms with Gasteiger partial charge in [0.05, 0.1) is 41.9 Å². The molecular formula is C29H36FN3O4S. The van der Waals surface area contributed by atoms with Crippen LogP contribution >= 0.6 is 12.6 Å². The van der Waals surface area contributed by atoms with E-state index in [-0.39, 0.29) is 24.6 Å². The summed E-state index contributed by atoms with van der Waals surface area (Å²) in [4.78, 5) is 28.9. The highest BCUT2D eigenvalue weighted by Crippen LogP contribution is 2.28. The normalized spacial score (nSPS) is 12.0. The van der Waals surface area contributed by atoms with E-state index >= 15 is 4.39 Å². The molecule has 1 aromatic heterocycles. The first-order valence-corrected chi connectivity index (χ1v) is 13.5. The third-order valence-electron chi connectivity index (χ3n) is 6.17. The zero-order chi connectivity index (χ0) is 27.8. The monoisotopic (exact) mass is 541 g/mol. The SMILES string of the molecule is CCCOc1nc(CC)c(CNC(=O)[C@@H](S)CC(C)C)n1Cc1ccc(-c2ccccc2C(=O)O)cc1F. The molecule has 7 nitrogen and oxygen atoms in total. The number of thiol groups is 1. The van der Waals surface area contributed by atoms with Gasteiger partial charge in [-0.3, -0.25) is 9.36 Å². The molecule has 204 valence electrons. The second-order valence-electron chi connectivity index (χ2n) is 9.60. The molecule has 1 atom stereocenters. The van der Waals surface area contributed by atoms with Crippen molar-refractivity contribution in [2.75, 3.05) is 6.61 Å². The Kier molecular flexibility index (Phi) is 10.4. The van der Waals surface area contributed by atoms with Gasteiger partial charge in [-0.25, -0.2) is 9.18 Å². The van der Waals surface area contributed by atoms with Crippen LogP contribution in [0.2, 0.25) is 0 Å². The third kappa shape index (κ3) is 7.16. The quantitative estimate of drug-likeness (QED) is 0.240. The molecule has 1 heterocycles. The maximum atomic E-state index is 15.4. The smallest absolute Gasteiger partial charge is 0.336 e. The Bertz CT molecular complexity index is 1270. The maximum absolute atomic E-state index is 15.4. The lowest BCUT2D eigenvalue weighted by Crippen LogP contribution is -2.32. The predicted molar refractivity (Wildman–Crippen MR) is 149 cm³/mol. The van der Waals surface area contributed by atoms with E-state index in [0.29, 0.717) is 48.1 Å². The van der Waals surface area contributed by atoms with Gasteiger partial charge in [-0.15, -0.1) is 0 Å². The maximum Gasteiger partial charge on any atom is 0.336 e. The lowest BCUT2D eigenvalue weighted by molar-refractivity contribution is -0.121. The van der Waals surface area contributed by atoms with Crippen LogP contribution in [0.25, 0.3) is 11.1 Å². The number of hydrogen-bond donors (Lipinski definition) is 3. The average Bonchev–Trinajstić information content (AvgIpc) is 3.22. The molecule has 0 fully saturated rings. The fourth-order valence-electron chi connectivity index (χ4n) is 4.24. The second-order valence-corrected chi connectivity index (χ2v) is 10.2. The molecule has 3 aromatic rings. The fourth-order valence-corrected chi connectivity index (χ4v) is 4.75. The van der Waals surface area contributed by atoms with Crippen LogP contribution in [0.15, 0.2) is 42.5 Å². The van der Waals surface area contributed by atoms with Gasteiger partial charge >= 0.3 is 5.97 Å². The minimum atomic E-state index is -1.07. The number of nitrogens with zero attached hydrogens (tertiary/aromatic N) is 2. The Morgan fingerprint density at radius 3 is 2.55 bits per heavy atom. The van der Waals surface area contributed by atoms with E-state index in [1.165, 1.54) is 12.1 Å². The topological polar surface area (TPSA) is 93.5 Å². The molecule has 3 rings (SSSR count). The summed E-state index contributed by atoms with van der Waals surface area (Å²) in [5.74, 6) is -1.38. The van der Waals surface area contributed by atoms with Gasteiger partial charge in [0.25, 0.3) is 6.01 Å². The van der Waals surface area contributed by atoms with Gasteiger partial charge in [-0.05, 0) is 48.4 Å². The Morgan fingerprint density at radius 2 is 1.92 bits per heavy atom. The number of imidazole rings is 1. The van der Waals surface area contributed by atoms with E-state index < -0.39 is 17.0 Å². The van der Waals surface area contributed by atoms with Gasteiger partial charge in [0.2, 0.25) is 5.91 Å². The van der Waals surface area contributed by atoms with Crippen LogP contribution in [0, 0.1) is 11.7 Å². The van der Waals surface area contributed by atoms with E-state index in [2.05, 4.69) is 22.9 Å². The van der Waals surface area contributed by atoms with Gasteiger partial charge in [0.15, 0.2) is 0 Å². The minimum Gasteiger partial charge on any atom is -0.478 e. The van der Waals surface area contributed by atoms with Crippen LogP contribution in [-0.2, 0) is 24.3 Å². The van der Waals surface area contributed by atoms with Crippen LogP contribution < -0.4 is 10.1 Å². The molecule has 2 N–H and O–H groups in total. The zero-order valence-electron chi connectivity index (χ0n) is 22.3. The summed E-state index contributed by atoms with van der Waals surface area (Å²) in [6, 6.07) is 11.6. The molecule has 0 bridgehead atoms. The van der Waals surface area contributed by atoms with E-state index in [1.807, 2.05) is 27.7 Å². The fraction of sp³-hybridized carbons (Fsp3) is 0.414. The van der Waals surface area contributed by atoms with Crippen molar-refractivity contribution in [3.63, 3.8) is 0 Å². The van der Waals surface area contributed by atoms with Crippen molar-refractivity contribution >= 4 is 24.5 Å². The molecule has 0 aliphatic rings. The van der Waals surface area contributed by atoms with Crippen molar-refractivity contribution in [2.24, 2.45) is 5.92 Å². The number of benzene rings is 2. The standard InChI is InChI=1S/C29H36FN3O4S/c1-5-13-37-29-32-24(6-2)25(16-31-27(34)26(38)14-18(3)4)33(29)17-20-12-11-19(15-23(20)30)21-9-7-8-10-22(21)28(35)36/h7-12,15,18,26,38H,5-6,13-14,16-17H2,1-4H3,(H,31,34)(H,35,36)/t26-/m0/s1. The summed E-state index contributed by atoms with van der Waals surface area (Å²) in [5.41, 5.74) is 2.93. The summed E-state index contributed by atoms with van der Waals surface area (Å²) in [6.45, 7) is 8.84. The van der Waals surface area contributed by atoms with Crippen molar-refractivity contribution < 1.29 is 23.8 Å². The number of carboxylic acid groups (broad SMARTS) is 1. The molecule has 0 unspecified atom stereocenters. The molecule has 0 aliphatic carbocycles. The molecule has 0 spiro atoms. The van der Waals surface area contributed by atoms with Crippen LogP contribution in [0.1, 0.15) is 67.8 Å². The number of aryl methyl sites for hydroxylation is 1. The number of halogens is 1. The second kappa shape index (κ2) is 13.5. The molecule has 0 radical (unpaired) electrons. The first-order valence-electron chi connectivity index (χ1n) is 12.9. The van der Waals surface area contributed by atoms with E-state index in [9.17, 15) is 14.7 Å². The number of amides is 1. The average molecular weight is 542 g/mol. The van der Waals surface area contributed by atoms with Crippen molar-refractivity contribution in [1.82, 2.24) is 14.9 Å². The summed E-state index contributed by atoms with van der Waals surface area (Å²) >= 11 is 4.44. The van der Waals surface area contributed by atoms with Crippen molar-refractivity contribution in [3.8, 4) is 17.1 Å². The van der Waals surface area contributed by atoms with Gasteiger partial charge in [0, 0.05) is 5.56 Å². The van der Waals surface area contributed by atoms with E-state index in [1.54, 1.807) is 34.9 Å². The lowest BCUT2D eigenvalue weighted by atomic mass is 9.98. The zero-order valence-corrected chi connectivity index (χ0v) is 23.2. The van der Waals surface area contributed by atoms with Crippen LogP contribution in [0.3, 0.4) is 0 Å². The number of carbonyl (C=O) groups is 2. The molecule has 38 heavy (non-hydrogen) atoms. The molecule has 0 aliphatic heterocycles. The molecule has 1 amide bonds. The van der Waals surface area contributed by atoms with Gasteiger partial charge < -0.3 is 15.2 Å². The largest absolute Gasteiger partial charge is 0.478 e. The summed E-state index contributed by atoms with van der Waals surface area (Å²) in [7, 11) is 0. The van der Waals surface area contributed by atoms with Crippen LogP contribution in [-0.4, -0.2) is 38.4 Å². The number of nitrogens with one attached hydrogen (secondary N) is 1. The summed E-state index contributed by atoms with van der Waals surface area (Å²) < 4.78 is 23.1. The number of hydrogen-bond acceptors (Lipinski definition) is 5. The van der Waals surface area contributed by atoms with Gasteiger partial charge in [-0.1, -0.05) is 58.0 Å². The number of aromatic nitrogens is 2. The van der Waals surface area contributed by atoms with E-state index in [0.717, 1.165) is 17.8 Å².